The Balaban J connectivity index is 2.79. The summed E-state index contributed by atoms with van der Waals surface area (Å²) in [5, 5.41) is 3.00. The smallest absolute Gasteiger partial charge is 0.251 e. The van der Waals surface area contributed by atoms with Crippen molar-refractivity contribution in [2.24, 2.45) is 0 Å². The van der Waals surface area contributed by atoms with E-state index in [1.807, 2.05) is 7.05 Å². The molecule has 0 atom stereocenters. The number of H-pyrrole nitrogens is 1. The Kier molecular flexibility index (Phi) is 2.99. The second kappa shape index (κ2) is 4.01. The Morgan fingerprint density at radius 2 is 2.42 bits per heavy atom. The molecule has 0 aliphatic rings. The third kappa shape index (κ3) is 2.47. The molecule has 0 saturated heterocycles. The maximum absolute atomic E-state index is 11.0. The number of aromatic nitrogens is 2. The largest absolute Gasteiger partial charge is 0.319 e. The minimum atomic E-state index is -0.0754. The first-order valence-electron chi connectivity index (χ1n) is 3.94. The molecule has 0 spiro atoms. The van der Waals surface area contributed by atoms with Crippen LogP contribution in [0.3, 0.4) is 0 Å². The average Bonchev–Trinajstić information content (AvgIpc) is 1.99. The number of aromatic amines is 1. The molecule has 1 aromatic rings. The van der Waals surface area contributed by atoms with Gasteiger partial charge in [-0.2, -0.15) is 0 Å². The molecule has 4 heteroatoms. The van der Waals surface area contributed by atoms with E-state index in [-0.39, 0.29) is 5.56 Å². The second-order valence-electron chi connectivity index (χ2n) is 2.68. The highest BCUT2D eigenvalue weighted by molar-refractivity contribution is 5.02. The highest BCUT2D eigenvalue weighted by Gasteiger charge is 1.96. The molecule has 4 nitrogen and oxygen atoms in total. The zero-order valence-corrected chi connectivity index (χ0v) is 7.35. The topological polar surface area (TPSA) is 57.8 Å². The van der Waals surface area contributed by atoms with E-state index >= 15 is 0 Å². The Bertz CT molecular complexity index is 305. The van der Waals surface area contributed by atoms with Crippen LogP contribution in [0.25, 0.3) is 0 Å². The van der Waals surface area contributed by atoms with Gasteiger partial charge >= 0.3 is 0 Å². The van der Waals surface area contributed by atoms with Crippen molar-refractivity contribution in [1.29, 1.82) is 0 Å². The van der Waals surface area contributed by atoms with Crippen LogP contribution in [0.4, 0.5) is 0 Å². The van der Waals surface area contributed by atoms with Crippen LogP contribution in [0.2, 0.25) is 0 Å². The van der Waals surface area contributed by atoms with Gasteiger partial charge < -0.3 is 10.3 Å². The van der Waals surface area contributed by atoms with Crippen LogP contribution in [-0.2, 0) is 6.42 Å². The van der Waals surface area contributed by atoms with Gasteiger partial charge in [0, 0.05) is 24.7 Å². The van der Waals surface area contributed by atoms with Gasteiger partial charge in [0.15, 0.2) is 0 Å². The normalized spacial score (nSPS) is 10.2. The van der Waals surface area contributed by atoms with Crippen molar-refractivity contribution in [2.45, 2.75) is 13.3 Å². The number of hydrogen-bond donors (Lipinski definition) is 2. The number of rotatable bonds is 3. The maximum Gasteiger partial charge on any atom is 0.251 e. The summed E-state index contributed by atoms with van der Waals surface area (Å²) in [5.74, 6) is 0.675. The van der Waals surface area contributed by atoms with Crippen LogP contribution in [0.5, 0.6) is 0 Å². The average molecular weight is 167 g/mol. The third-order valence-corrected chi connectivity index (χ3v) is 1.54. The molecule has 0 fully saturated rings. The summed E-state index contributed by atoms with van der Waals surface area (Å²) in [7, 11) is 1.88. The van der Waals surface area contributed by atoms with Crippen LogP contribution < -0.4 is 10.9 Å². The van der Waals surface area contributed by atoms with Gasteiger partial charge in [0.1, 0.15) is 5.82 Å². The Morgan fingerprint density at radius 1 is 1.67 bits per heavy atom. The summed E-state index contributed by atoms with van der Waals surface area (Å²) in [4.78, 5) is 17.7. The zero-order valence-electron chi connectivity index (χ0n) is 7.35. The molecule has 1 rings (SSSR count). The molecular formula is C8H13N3O. The van der Waals surface area contributed by atoms with Crippen LogP contribution >= 0.6 is 0 Å². The first kappa shape index (κ1) is 8.93. The monoisotopic (exact) mass is 167 g/mol. The molecule has 0 saturated carbocycles. The fourth-order valence-electron chi connectivity index (χ4n) is 1.02. The van der Waals surface area contributed by atoms with E-state index in [0.29, 0.717) is 5.82 Å². The van der Waals surface area contributed by atoms with E-state index in [4.69, 9.17) is 0 Å². The Labute approximate surface area is 71.0 Å². The fraction of sp³-hybridized carbons (Fsp3) is 0.500. The lowest BCUT2D eigenvalue weighted by atomic mass is 10.3. The third-order valence-electron chi connectivity index (χ3n) is 1.54. The van der Waals surface area contributed by atoms with Crippen molar-refractivity contribution < 1.29 is 0 Å². The molecule has 0 bridgehead atoms. The van der Waals surface area contributed by atoms with Gasteiger partial charge in [0.25, 0.3) is 5.56 Å². The molecule has 1 heterocycles. The second-order valence-corrected chi connectivity index (χ2v) is 2.68. The summed E-state index contributed by atoms with van der Waals surface area (Å²) in [6, 6.07) is 1.53. The molecule has 12 heavy (non-hydrogen) atoms. The predicted octanol–water partition coefficient (Wildman–Crippen LogP) is -0.160. The van der Waals surface area contributed by atoms with E-state index in [2.05, 4.69) is 15.3 Å². The van der Waals surface area contributed by atoms with Gasteiger partial charge in [-0.05, 0) is 14.0 Å². The van der Waals surface area contributed by atoms with Crippen LogP contribution in [0.15, 0.2) is 10.9 Å². The number of nitrogens with one attached hydrogen (secondary N) is 2. The molecule has 2 N–H and O–H groups in total. The number of likely N-dealkylation sites (N-methyl/N-ethyl adjacent to an activating group) is 1. The molecule has 0 amide bonds. The van der Waals surface area contributed by atoms with Gasteiger partial charge in [-0.3, -0.25) is 4.79 Å². The molecule has 1 aromatic heterocycles. The van der Waals surface area contributed by atoms with Crippen molar-refractivity contribution in [2.75, 3.05) is 13.6 Å². The summed E-state index contributed by atoms with van der Waals surface area (Å²) in [6.45, 7) is 2.63. The van der Waals surface area contributed by atoms with E-state index in [0.717, 1.165) is 18.7 Å². The van der Waals surface area contributed by atoms with Crippen molar-refractivity contribution >= 4 is 0 Å². The van der Waals surface area contributed by atoms with Gasteiger partial charge in [0.2, 0.25) is 0 Å². The lowest BCUT2D eigenvalue weighted by Crippen LogP contribution is -2.15. The summed E-state index contributed by atoms with van der Waals surface area (Å²) >= 11 is 0. The van der Waals surface area contributed by atoms with E-state index in [1.54, 1.807) is 6.92 Å². The zero-order chi connectivity index (χ0) is 8.97. The minimum absolute atomic E-state index is 0.0754. The van der Waals surface area contributed by atoms with E-state index in [1.165, 1.54) is 6.07 Å². The molecule has 0 unspecified atom stereocenters. The predicted molar refractivity (Wildman–Crippen MR) is 47.2 cm³/mol. The van der Waals surface area contributed by atoms with E-state index in [9.17, 15) is 4.79 Å². The molecule has 0 aromatic carbocycles. The molecular weight excluding hydrogens is 154 g/mol. The number of hydrogen-bond acceptors (Lipinski definition) is 3. The number of nitrogens with zero attached hydrogens (tertiary/aromatic N) is 1. The quantitative estimate of drug-likeness (QED) is 0.657. The number of aryl methyl sites for hydroxylation is 1. The van der Waals surface area contributed by atoms with Crippen LogP contribution in [-0.4, -0.2) is 23.6 Å². The summed E-state index contributed by atoms with van der Waals surface area (Å²) in [6.07, 6.45) is 0.793. The van der Waals surface area contributed by atoms with Crippen molar-refractivity contribution in [1.82, 2.24) is 15.3 Å². The highest BCUT2D eigenvalue weighted by Crippen LogP contribution is 1.90. The lowest BCUT2D eigenvalue weighted by molar-refractivity contribution is 0.766. The van der Waals surface area contributed by atoms with Crippen LogP contribution in [0, 0.1) is 6.92 Å². The molecule has 0 aliphatic heterocycles. The Morgan fingerprint density at radius 3 is 3.00 bits per heavy atom. The SMILES string of the molecule is CNCCc1cc(=O)[nH]c(C)n1. The standard InChI is InChI=1S/C8H13N3O/c1-6-10-7(3-4-9-2)5-8(12)11-6/h5,9H,3-4H2,1-2H3,(H,10,11,12). The molecule has 0 radical (unpaired) electrons. The van der Waals surface area contributed by atoms with Crippen LogP contribution in [0.1, 0.15) is 11.5 Å². The van der Waals surface area contributed by atoms with Gasteiger partial charge in [0.05, 0.1) is 0 Å². The lowest BCUT2D eigenvalue weighted by Gasteiger charge is -1.99. The fourth-order valence-corrected chi connectivity index (χ4v) is 1.02. The first-order valence-corrected chi connectivity index (χ1v) is 3.94. The van der Waals surface area contributed by atoms with Gasteiger partial charge in [-0.15, -0.1) is 0 Å². The van der Waals surface area contributed by atoms with Gasteiger partial charge in [-0.25, -0.2) is 4.98 Å². The molecule has 66 valence electrons. The maximum atomic E-state index is 11.0. The summed E-state index contributed by atoms with van der Waals surface area (Å²) in [5.41, 5.74) is 0.763. The van der Waals surface area contributed by atoms with Crippen molar-refractivity contribution in [3.8, 4) is 0 Å². The minimum Gasteiger partial charge on any atom is -0.319 e. The van der Waals surface area contributed by atoms with Crippen molar-refractivity contribution in [3.63, 3.8) is 0 Å². The first-order chi connectivity index (χ1) is 5.72. The van der Waals surface area contributed by atoms with E-state index < -0.39 is 0 Å². The Hall–Kier alpha value is -1.16. The summed E-state index contributed by atoms with van der Waals surface area (Å²) < 4.78 is 0. The highest BCUT2D eigenvalue weighted by atomic mass is 16.1. The van der Waals surface area contributed by atoms with Gasteiger partial charge in [-0.1, -0.05) is 0 Å². The van der Waals surface area contributed by atoms with Crippen molar-refractivity contribution in [3.05, 3.63) is 27.9 Å². The molecule has 0 aliphatic carbocycles.